The maximum Gasteiger partial charge on any atom is 0 e. The van der Waals surface area contributed by atoms with Crippen LogP contribution in [0.15, 0.2) is 47.4 Å². The normalized spacial score (nSPS) is 20.6. The molecule has 1 aromatic rings. The standard InChI is InChI=1S/C25H30O3SSi.6CO.2Co/c1-24(2,3)30(4,5)28-25-17-12-7-6-11-15-20(26)22(23(25)27)21(16-18-25)29-19-13-9-8-10-14-19;6*1-2;;/h6-10,13-14,20-22,26H,16,18H2,1-5H3;;;;;;;;/b7-6-;;;;;;;;/t20-,21+,22?,25-;;;;;;;;/m0......../s1. The molecule has 2 aliphatic carbocycles. The van der Waals surface area contributed by atoms with Crippen molar-refractivity contribution in [1.82, 2.24) is 0 Å². The van der Waals surface area contributed by atoms with Gasteiger partial charge in [0, 0.05) is 43.7 Å². The van der Waals surface area contributed by atoms with Gasteiger partial charge in [-0.05, 0) is 55.3 Å². The van der Waals surface area contributed by atoms with Crippen molar-refractivity contribution < 1.29 is 75.8 Å². The van der Waals surface area contributed by atoms with Crippen molar-refractivity contribution in [1.29, 1.82) is 0 Å². The number of carbonyl (C=O) groups excluding carboxylic acids is 1. The van der Waals surface area contributed by atoms with Crippen LogP contribution in [0.1, 0.15) is 33.6 Å². The minimum absolute atomic E-state index is 0. The molecule has 13 heteroatoms. The van der Waals surface area contributed by atoms with Gasteiger partial charge < -0.3 is 9.53 Å². The van der Waals surface area contributed by atoms with Crippen molar-refractivity contribution >= 4 is 25.9 Å². The molecule has 2 radical (unpaired) electrons. The summed E-state index contributed by atoms with van der Waals surface area (Å²) >= 11 is 1.63. The molecule has 0 heterocycles. The Labute approximate surface area is 286 Å². The Hall–Kier alpha value is -2.31. The summed E-state index contributed by atoms with van der Waals surface area (Å²) in [6.07, 6.45) is 3.46. The van der Waals surface area contributed by atoms with Crippen LogP contribution in [-0.4, -0.2) is 36.2 Å². The van der Waals surface area contributed by atoms with Gasteiger partial charge in [-0.3, -0.25) is 4.79 Å². The third-order valence-corrected chi connectivity index (χ3v) is 12.1. The molecular weight excluding hydrogens is 694 g/mol. The number of allylic oxidation sites excluding steroid dienone is 2. The van der Waals surface area contributed by atoms with Crippen LogP contribution in [0, 0.1) is 69.5 Å². The number of hydrogen-bond donors (Lipinski definition) is 1. The second-order valence-corrected chi connectivity index (χ2v) is 15.5. The summed E-state index contributed by atoms with van der Waals surface area (Å²) in [6, 6.07) is 10.0. The van der Waals surface area contributed by atoms with E-state index in [0.29, 0.717) is 6.42 Å². The molecule has 4 atom stereocenters. The van der Waals surface area contributed by atoms with Crippen molar-refractivity contribution in [2.45, 2.75) is 73.6 Å². The third kappa shape index (κ3) is 17.2. The average Bonchev–Trinajstić information content (AvgIpc) is 3.02. The number of benzene rings is 1. The summed E-state index contributed by atoms with van der Waals surface area (Å²) in [5, 5.41) is 10.8. The van der Waals surface area contributed by atoms with Gasteiger partial charge in [-0.25, -0.2) is 0 Å². The Morgan fingerprint density at radius 1 is 0.886 bits per heavy atom. The van der Waals surface area contributed by atoms with Gasteiger partial charge in [0.2, 0.25) is 0 Å². The number of hydrogen-bond acceptors (Lipinski definition) is 4. The molecule has 2 aliphatic rings. The van der Waals surface area contributed by atoms with Gasteiger partial charge in [-0.15, -0.1) is 11.8 Å². The van der Waals surface area contributed by atoms with Crippen molar-refractivity contribution in [3.05, 3.63) is 82.4 Å². The first-order valence-electron chi connectivity index (χ1n) is 11.6. The zero-order chi connectivity index (χ0) is 34.0. The molecular formula is C31H30Co2O9SSi. The van der Waals surface area contributed by atoms with Gasteiger partial charge in [0.15, 0.2) is 19.7 Å². The molecule has 9 nitrogen and oxygen atoms in total. The Bertz CT molecular complexity index is 1180. The topological polar surface area (TPSA) is 166 Å². The SMILES string of the molecule is CC(C)(C)[Si](C)(C)O[C@]12C#C/C=C\C#C[C@H](O)C(C1=O)[C@H](Sc1ccccc1)CC2.[C-]#[O+].[C-]#[O+].[C-]#[O+].[C-]#[O+].[C-]#[O+].[C-]#[O+].[Co].[Co]. The number of aliphatic hydroxyl groups is 1. The smallest absolute Gasteiger partial charge is 0 e. The van der Waals surface area contributed by atoms with Crippen LogP contribution in [-0.2, 0) is 70.7 Å². The van der Waals surface area contributed by atoms with E-state index in [2.05, 4.69) is 97.4 Å². The predicted octanol–water partition coefficient (Wildman–Crippen LogP) is 4.59. The van der Waals surface area contributed by atoms with E-state index in [1.54, 1.807) is 23.9 Å². The molecule has 1 unspecified atom stereocenters. The van der Waals surface area contributed by atoms with Crippen molar-refractivity contribution in [3.8, 4) is 23.7 Å². The molecule has 0 aromatic heterocycles. The second-order valence-electron chi connectivity index (χ2n) is 9.42. The third-order valence-electron chi connectivity index (χ3n) is 6.24. The van der Waals surface area contributed by atoms with Crippen molar-refractivity contribution in [2.75, 3.05) is 0 Å². The van der Waals surface area contributed by atoms with Crippen molar-refractivity contribution in [3.63, 3.8) is 0 Å². The van der Waals surface area contributed by atoms with Crippen LogP contribution >= 0.6 is 11.8 Å². The average molecular weight is 725 g/mol. The van der Waals surface area contributed by atoms with E-state index in [-0.39, 0.29) is 49.6 Å². The van der Waals surface area contributed by atoms with E-state index in [1.165, 1.54) is 0 Å². The number of fused-ring (bicyclic) bond motifs is 2. The minimum atomic E-state index is -2.28. The fraction of sp³-hybridized carbons (Fsp3) is 0.387. The van der Waals surface area contributed by atoms with Gasteiger partial charge in [-0.2, -0.15) is 0 Å². The molecule has 0 aliphatic heterocycles. The first-order valence-corrected chi connectivity index (χ1v) is 15.4. The van der Waals surface area contributed by atoms with Gasteiger partial charge in [-0.1, -0.05) is 62.7 Å². The summed E-state index contributed by atoms with van der Waals surface area (Å²) in [6.45, 7) is 37.7. The molecule has 1 fully saturated rings. The van der Waals surface area contributed by atoms with Crippen LogP contribution in [0.3, 0.4) is 0 Å². The molecule has 0 saturated heterocycles. The summed E-state index contributed by atoms with van der Waals surface area (Å²) in [5.41, 5.74) is -1.19. The molecule has 3 rings (SSSR count). The number of carbonyl (C=O) groups is 1. The van der Waals surface area contributed by atoms with Crippen LogP contribution in [0.25, 0.3) is 0 Å². The summed E-state index contributed by atoms with van der Waals surface area (Å²) in [4.78, 5) is 15.0. The van der Waals surface area contributed by atoms with E-state index >= 15 is 0 Å². The fourth-order valence-electron chi connectivity index (χ4n) is 3.54. The molecule has 0 spiro atoms. The minimum Gasteiger partial charge on any atom is 0 e. The second kappa shape index (κ2) is 30.7. The zero-order valence-electron chi connectivity index (χ0n) is 24.5. The summed E-state index contributed by atoms with van der Waals surface area (Å²) < 4.78 is 51.7. The molecule has 1 aromatic carbocycles. The number of thioether (sulfide) groups is 1. The number of ketones is 1. The van der Waals surface area contributed by atoms with Gasteiger partial charge in [0.1, 0.15) is 6.10 Å². The van der Waals surface area contributed by atoms with Crippen LogP contribution < -0.4 is 0 Å². The monoisotopic (exact) mass is 724 g/mol. The van der Waals surface area contributed by atoms with E-state index in [9.17, 15) is 9.90 Å². The summed E-state index contributed by atoms with van der Waals surface area (Å²) in [5.74, 6) is 11.0. The predicted molar refractivity (Wildman–Crippen MR) is 149 cm³/mol. The molecule has 236 valence electrons. The zero-order valence-corrected chi connectivity index (χ0v) is 28.4. The molecule has 1 saturated carbocycles. The van der Waals surface area contributed by atoms with Crippen molar-refractivity contribution in [2.24, 2.45) is 5.92 Å². The molecule has 2 bridgehead atoms. The van der Waals surface area contributed by atoms with Crippen LogP contribution in [0.5, 0.6) is 0 Å². The Kier molecular flexibility index (Phi) is 37.8. The molecule has 44 heavy (non-hydrogen) atoms. The fourth-order valence-corrected chi connectivity index (χ4v) is 6.29. The molecule has 0 amide bonds. The van der Waals surface area contributed by atoms with Crippen LogP contribution in [0.2, 0.25) is 18.1 Å². The first kappa shape index (κ1) is 54.2. The number of aliphatic hydroxyl groups excluding tert-OH is 1. The Morgan fingerprint density at radius 3 is 1.80 bits per heavy atom. The quantitative estimate of drug-likeness (QED) is 0.208. The van der Waals surface area contributed by atoms with E-state index < -0.39 is 25.9 Å². The number of rotatable bonds is 4. The van der Waals surface area contributed by atoms with E-state index in [0.717, 1.165) is 11.3 Å². The van der Waals surface area contributed by atoms with Gasteiger partial charge in [0.25, 0.3) is 0 Å². The Balaban J connectivity index is -0.000000231. The first-order chi connectivity index (χ1) is 20.1. The van der Waals surface area contributed by atoms with E-state index in [4.69, 9.17) is 32.3 Å². The maximum atomic E-state index is 13.9. The summed E-state index contributed by atoms with van der Waals surface area (Å²) in [7, 11) is -2.28. The molecule has 1 N–H and O–H groups in total. The maximum absolute atomic E-state index is 13.9. The van der Waals surface area contributed by atoms with Gasteiger partial charge in [0.05, 0.1) is 5.92 Å². The Morgan fingerprint density at radius 2 is 1.34 bits per heavy atom. The van der Waals surface area contributed by atoms with Gasteiger partial charge >= 0.3 is 67.8 Å². The van der Waals surface area contributed by atoms with E-state index in [1.807, 2.05) is 30.3 Å². The van der Waals surface area contributed by atoms with Crippen LogP contribution in [0.4, 0.5) is 0 Å². The number of Topliss-reactive ketones (excluding diaryl/α,β-unsaturated/α-hetero) is 1. The largest absolute Gasteiger partial charge is 0 e.